The van der Waals surface area contributed by atoms with Gasteiger partial charge in [-0.25, -0.2) is 8.78 Å². The average Bonchev–Trinajstić information content (AvgIpc) is 2.80. The Morgan fingerprint density at radius 1 is 1.37 bits per heavy atom. The first-order chi connectivity index (χ1) is 9.11. The Morgan fingerprint density at radius 2 is 2.11 bits per heavy atom. The first-order valence-corrected chi connectivity index (χ1v) is 7.09. The molecule has 0 radical (unpaired) electrons. The van der Waals surface area contributed by atoms with Gasteiger partial charge in [0, 0.05) is 17.1 Å². The van der Waals surface area contributed by atoms with Crippen LogP contribution in [0.1, 0.15) is 9.67 Å². The van der Waals surface area contributed by atoms with E-state index in [0.29, 0.717) is 4.88 Å². The summed E-state index contributed by atoms with van der Waals surface area (Å²) in [6, 6.07) is 9.27. The van der Waals surface area contributed by atoms with Crippen molar-refractivity contribution in [1.82, 2.24) is 4.90 Å². The fourth-order valence-electron chi connectivity index (χ4n) is 1.79. The summed E-state index contributed by atoms with van der Waals surface area (Å²) in [5.41, 5.74) is 0. The standard InChI is InChI=1S/C13H12ClF2NOS/c14-5-6-17(8-12(15)16)13(18)11-7-9-3-1-2-4-10(9)19-11/h1-4,7,12H,5-6,8H2. The van der Waals surface area contributed by atoms with Crippen molar-refractivity contribution in [2.45, 2.75) is 6.43 Å². The van der Waals surface area contributed by atoms with Gasteiger partial charge in [0.1, 0.15) is 0 Å². The second kappa shape index (κ2) is 6.30. The molecule has 1 aromatic carbocycles. The fraction of sp³-hybridized carbons (Fsp3) is 0.308. The third-order valence-corrected chi connectivity index (χ3v) is 3.91. The van der Waals surface area contributed by atoms with Crippen molar-refractivity contribution in [2.24, 2.45) is 0 Å². The highest BCUT2D eigenvalue weighted by atomic mass is 35.5. The molecule has 6 heteroatoms. The highest BCUT2D eigenvalue weighted by Crippen LogP contribution is 2.26. The number of halogens is 3. The second-order valence-corrected chi connectivity index (χ2v) is 5.44. The summed E-state index contributed by atoms with van der Waals surface area (Å²) >= 11 is 6.86. The van der Waals surface area contributed by atoms with E-state index in [1.807, 2.05) is 24.3 Å². The van der Waals surface area contributed by atoms with Crippen LogP contribution in [0.25, 0.3) is 10.1 Å². The molecule has 0 aliphatic heterocycles. The molecule has 19 heavy (non-hydrogen) atoms. The van der Waals surface area contributed by atoms with Gasteiger partial charge in [0.2, 0.25) is 0 Å². The SMILES string of the molecule is O=C(c1cc2ccccc2s1)N(CCCl)CC(F)F. The zero-order valence-electron chi connectivity index (χ0n) is 9.98. The minimum Gasteiger partial charge on any atom is -0.331 e. The second-order valence-electron chi connectivity index (χ2n) is 3.98. The number of hydrogen-bond acceptors (Lipinski definition) is 2. The lowest BCUT2D eigenvalue weighted by molar-refractivity contribution is 0.0575. The highest BCUT2D eigenvalue weighted by molar-refractivity contribution is 7.20. The van der Waals surface area contributed by atoms with Crippen molar-refractivity contribution in [1.29, 1.82) is 0 Å². The Labute approximate surface area is 118 Å². The normalized spacial score (nSPS) is 11.2. The van der Waals surface area contributed by atoms with E-state index in [0.717, 1.165) is 15.0 Å². The van der Waals surface area contributed by atoms with Crippen molar-refractivity contribution >= 4 is 38.9 Å². The number of carbonyl (C=O) groups is 1. The van der Waals surface area contributed by atoms with E-state index in [-0.39, 0.29) is 18.3 Å². The molecule has 2 aromatic rings. The molecule has 0 spiro atoms. The predicted octanol–water partition coefficient (Wildman–Crippen LogP) is 3.85. The summed E-state index contributed by atoms with van der Waals surface area (Å²) in [5, 5.41) is 0.943. The van der Waals surface area contributed by atoms with Crippen molar-refractivity contribution < 1.29 is 13.6 Å². The van der Waals surface area contributed by atoms with Gasteiger partial charge in [0.05, 0.1) is 11.4 Å². The summed E-state index contributed by atoms with van der Waals surface area (Å²) in [6.07, 6.45) is -2.55. The Bertz CT molecular complexity index is 540. The van der Waals surface area contributed by atoms with Gasteiger partial charge in [-0.2, -0.15) is 0 Å². The molecule has 0 saturated heterocycles. The van der Waals surface area contributed by atoms with Gasteiger partial charge in [-0.05, 0) is 17.5 Å². The van der Waals surface area contributed by atoms with Crippen LogP contribution in [-0.2, 0) is 0 Å². The molecule has 102 valence electrons. The number of amides is 1. The molecule has 0 aliphatic carbocycles. The maximum absolute atomic E-state index is 12.5. The molecule has 0 N–H and O–H groups in total. The molecular weight excluding hydrogens is 292 g/mol. The summed E-state index contributed by atoms with van der Waals surface area (Å²) in [7, 11) is 0. The number of fused-ring (bicyclic) bond motifs is 1. The minimum atomic E-state index is -2.55. The Kier molecular flexibility index (Phi) is 4.71. The molecule has 2 nitrogen and oxygen atoms in total. The number of benzene rings is 1. The fourth-order valence-corrected chi connectivity index (χ4v) is 3.02. The lowest BCUT2D eigenvalue weighted by Gasteiger charge is -2.20. The van der Waals surface area contributed by atoms with Crippen molar-refractivity contribution in [3.63, 3.8) is 0 Å². The van der Waals surface area contributed by atoms with Crippen LogP contribution in [0.4, 0.5) is 8.78 Å². The Hall–Kier alpha value is -1.20. The summed E-state index contributed by atoms with van der Waals surface area (Å²) in [6.45, 7) is -0.460. The first-order valence-electron chi connectivity index (χ1n) is 5.74. The van der Waals surface area contributed by atoms with Crippen LogP contribution in [0.15, 0.2) is 30.3 Å². The number of hydrogen-bond donors (Lipinski definition) is 0. The highest BCUT2D eigenvalue weighted by Gasteiger charge is 2.20. The van der Waals surface area contributed by atoms with Crippen LogP contribution in [-0.4, -0.2) is 36.2 Å². The molecule has 0 saturated carbocycles. The molecule has 1 aromatic heterocycles. The van der Waals surface area contributed by atoms with Gasteiger partial charge in [-0.1, -0.05) is 18.2 Å². The molecule has 1 heterocycles. The van der Waals surface area contributed by atoms with Gasteiger partial charge in [-0.15, -0.1) is 22.9 Å². The van der Waals surface area contributed by atoms with E-state index >= 15 is 0 Å². The van der Waals surface area contributed by atoms with E-state index in [1.165, 1.54) is 11.3 Å². The number of rotatable bonds is 5. The molecule has 0 fully saturated rings. The van der Waals surface area contributed by atoms with E-state index in [9.17, 15) is 13.6 Å². The maximum Gasteiger partial charge on any atom is 0.264 e. The molecule has 0 bridgehead atoms. The van der Waals surface area contributed by atoms with E-state index < -0.39 is 13.0 Å². The van der Waals surface area contributed by atoms with Gasteiger partial charge in [0.25, 0.3) is 12.3 Å². The Morgan fingerprint density at radius 3 is 2.74 bits per heavy atom. The summed E-state index contributed by atoms with van der Waals surface area (Å²) in [4.78, 5) is 13.7. The summed E-state index contributed by atoms with van der Waals surface area (Å²) < 4.78 is 25.9. The zero-order chi connectivity index (χ0) is 13.8. The van der Waals surface area contributed by atoms with E-state index in [2.05, 4.69) is 0 Å². The number of thiophene rings is 1. The average molecular weight is 304 g/mol. The van der Waals surface area contributed by atoms with Gasteiger partial charge < -0.3 is 4.90 Å². The van der Waals surface area contributed by atoms with Crippen molar-refractivity contribution in [2.75, 3.05) is 19.0 Å². The molecular formula is C13H12ClF2NOS. The lowest BCUT2D eigenvalue weighted by Crippen LogP contribution is -2.36. The first kappa shape index (κ1) is 14.2. The number of carbonyl (C=O) groups excluding carboxylic acids is 1. The molecule has 0 aliphatic rings. The van der Waals surface area contributed by atoms with Gasteiger partial charge in [-0.3, -0.25) is 4.79 Å². The third kappa shape index (κ3) is 3.42. The van der Waals surface area contributed by atoms with Crippen LogP contribution < -0.4 is 0 Å². The molecule has 0 atom stereocenters. The zero-order valence-corrected chi connectivity index (χ0v) is 11.6. The van der Waals surface area contributed by atoms with Crippen LogP contribution in [0.5, 0.6) is 0 Å². The maximum atomic E-state index is 12.5. The molecule has 0 unspecified atom stereocenters. The predicted molar refractivity (Wildman–Crippen MR) is 74.5 cm³/mol. The van der Waals surface area contributed by atoms with Crippen molar-refractivity contribution in [3.05, 3.63) is 35.2 Å². The topological polar surface area (TPSA) is 20.3 Å². The Balaban J connectivity index is 2.24. The lowest BCUT2D eigenvalue weighted by atomic mass is 10.2. The molecule has 1 amide bonds. The van der Waals surface area contributed by atoms with Crippen molar-refractivity contribution in [3.8, 4) is 0 Å². The monoisotopic (exact) mass is 303 g/mol. The quantitative estimate of drug-likeness (QED) is 0.768. The van der Waals surface area contributed by atoms with Crippen LogP contribution in [0.3, 0.4) is 0 Å². The van der Waals surface area contributed by atoms with E-state index in [4.69, 9.17) is 11.6 Å². The largest absolute Gasteiger partial charge is 0.331 e. The van der Waals surface area contributed by atoms with Gasteiger partial charge >= 0.3 is 0 Å². The van der Waals surface area contributed by atoms with Crippen LogP contribution >= 0.6 is 22.9 Å². The number of nitrogens with zero attached hydrogens (tertiary/aromatic N) is 1. The van der Waals surface area contributed by atoms with Gasteiger partial charge in [0.15, 0.2) is 0 Å². The number of alkyl halides is 3. The third-order valence-electron chi connectivity index (χ3n) is 2.64. The van der Waals surface area contributed by atoms with Crippen LogP contribution in [0.2, 0.25) is 0 Å². The summed E-state index contributed by atoms with van der Waals surface area (Å²) in [5.74, 6) is -0.245. The minimum absolute atomic E-state index is 0.124. The molecule has 2 rings (SSSR count). The van der Waals surface area contributed by atoms with E-state index in [1.54, 1.807) is 6.07 Å². The smallest absolute Gasteiger partial charge is 0.264 e. The van der Waals surface area contributed by atoms with Crippen LogP contribution in [0, 0.1) is 0 Å².